The smallest absolute Gasteiger partial charge is 0.171 e. The second-order valence-corrected chi connectivity index (χ2v) is 4.25. The van der Waals surface area contributed by atoms with E-state index in [4.69, 9.17) is 0 Å². The van der Waals surface area contributed by atoms with Crippen LogP contribution in [0, 0.1) is 5.82 Å². The van der Waals surface area contributed by atoms with Gasteiger partial charge in [-0.15, -0.1) is 11.3 Å². The largest absolute Gasteiger partial charge is 0.233 e. The van der Waals surface area contributed by atoms with Gasteiger partial charge in [-0.25, -0.2) is 14.4 Å². The number of hydrogen-bond donors (Lipinski definition) is 0. The average Bonchev–Trinajstić information content (AvgIpc) is 2.27. The van der Waals surface area contributed by atoms with E-state index < -0.39 is 0 Å². The van der Waals surface area contributed by atoms with Gasteiger partial charge in [-0.2, -0.15) is 0 Å². The lowest BCUT2D eigenvalue weighted by Gasteiger charge is -1.84. The van der Waals surface area contributed by atoms with Crippen LogP contribution in [0.3, 0.4) is 0 Å². The van der Waals surface area contributed by atoms with Gasteiger partial charge >= 0.3 is 0 Å². The van der Waals surface area contributed by atoms with E-state index in [-0.39, 0.29) is 5.82 Å². The molecule has 0 spiro atoms. The fraction of sp³-hybridized carbons (Fsp3) is 0. The molecule has 0 aliphatic carbocycles. The highest BCUT2D eigenvalue weighted by Gasteiger charge is 2.02. The number of fused-ring (bicyclic) bond motifs is 1. The summed E-state index contributed by atoms with van der Waals surface area (Å²) >= 11 is 4.56. The van der Waals surface area contributed by atoms with Crippen LogP contribution in [0.15, 0.2) is 16.2 Å². The molecule has 0 bridgehead atoms. The van der Waals surface area contributed by atoms with Crippen LogP contribution in [-0.2, 0) is 0 Å². The highest BCUT2D eigenvalue weighted by atomic mass is 79.9. The van der Waals surface area contributed by atoms with E-state index in [1.807, 2.05) is 0 Å². The summed E-state index contributed by atoms with van der Waals surface area (Å²) in [6.07, 6.45) is 1.16. The van der Waals surface area contributed by atoms with Crippen LogP contribution in [0.25, 0.3) is 10.3 Å². The number of hydrogen-bond acceptors (Lipinski definition) is 3. The Labute approximate surface area is 74.2 Å². The second-order valence-electron chi connectivity index (χ2n) is 1.94. The molecule has 0 unspecified atom stereocenters. The maximum absolute atomic E-state index is 12.5. The van der Waals surface area contributed by atoms with Crippen molar-refractivity contribution < 1.29 is 4.39 Å². The van der Waals surface area contributed by atoms with E-state index in [2.05, 4.69) is 25.9 Å². The zero-order chi connectivity index (χ0) is 7.84. The molecular weight excluding hydrogens is 231 g/mol. The Morgan fingerprint density at radius 2 is 2.36 bits per heavy atom. The van der Waals surface area contributed by atoms with Crippen molar-refractivity contribution in [2.45, 2.75) is 0 Å². The summed E-state index contributed by atoms with van der Waals surface area (Å²) in [7, 11) is 0. The molecule has 2 aromatic heterocycles. The number of thiazole rings is 1. The van der Waals surface area contributed by atoms with E-state index >= 15 is 0 Å². The lowest BCUT2D eigenvalue weighted by Crippen LogP contribution is -1.77. The normalized spacial score (nSPS) is 10.7. The predicted molar refractivity (Wildman–Crippen MR) is 45.1 cm³/mol. The van der Waals surface area contributed by atoms with E-state index in [1.165, 1.54) is 17.4 Å². The quantitative estimate of drug-likeness (QED) is 0.698. The molecule has 0 radical (unpaired) electrons. The molecule has 0 atom stereocenters. The first kappa shape index (κ1) is 7.12. The molecule has 0 aliphatic heterocycles. The molecule has 2 nitrogen and oxygen atoms in total. The van der Waals surface area contributed by atoms with Crippen LogP contribution in [0.1, 0.15) is 0 Å². The molecule has 2 heterocycles. The van der Waals surface area contributed by atoms with Gasteiger partial charge < -0.3 is 0 Å². The van der Waals surface area contributed by atoms with Gasteiger partial charge in [-0.3, -0.25) is 0 Å². The molecule has 0 fully saturated rings. The van der Waals surface area contributed by atoms with Crippen LogP contribution >= 0.6 is 27.3 Å². The molecule has 11 heavy (non-hydrogen) atoms. The van der Waals surface area contributed by atoms with E-state index in [1.54, 1.807) is 0 Å². The minimum Gasteiger partial charge on any atom is -0.233 e. The van der Waals surface area contributed by atoms with Gasteiger partial charge in [0.05, 0.1) is 10.9 Å². The van der Waals surface area contributed by atoms with E-state index in [0.29, 0.717) is 5.65 Å². The zero-order valence-corrected chi connectivity index (χ0v) is 7.62. The fourth-order valence-electron chi connectivity index (χ4n) is 0.769. The van der Waals surface area contributed by atoms with Gasteiger partial charge in [0.15, 0.2) is 9.56 Å². The highest BCUT2D eigenvalue weighted by Crippen LogP contribution is 2.24. The molecule has 0 N–H and O–H groups in total. The number of aromatic nitrogens is 2. The van der Waals surface area contributed by atoms with Gasteiger partial charge in [0.25, 0.3) is 0 Å². The maximum Gasteiger partial charge on any atom is 0.171 e. The summed E-state index contributed by atoms with van der Waals surface area (Å²) in [5, 5.41) is 0. The average molecular weight is 233 g/mol. The molecular formula is C6H2BrFN2S. The Bertz CT molecular complexity index is 400. The first-order valence-electron chi connectivity index (χ1n) is 2.83. The molecule has 0 saturated heterocycles. The van der Waals surface area contributed by atoms with Crippen LogP contribution in [0.4, 0.5) is 4.39 Å². The molecule has 0 aromatic carbocycles. The summed E-state index contributed by atoms with van der Waals surface area (Å²) in [5.74, 6) is -0.325. The molecule has 5 heteroatoms. The van der Waals surface area contributed by atoms with Gasteiger partial charge in [0, 0.05) is 0 Å². The van der Waals surface area contributed by atoms with Crippen molar-refractivity contribution >= 4 is 37.6 Å². The van der Waals surface area contributed by atoms with Crippen LogP contribution in [0.5, 0.6) is 0 Å². The summed E-state index contributed by atoms with van der Waals surface area (Å²) in [4.78, 5) is 7.81. The van der Waals surface area contributed by atoms with Crippen molar-refractivity contribution in [1.29, 1.82) is 0 Å². The topological polar surface area (TPSA) is 25.8 Å². The van der Waals surface area contributed by atoms with Crippen molar-refractivity contribution in [2.24, 2.45) is 0 Å². The van der Waals surface area contributed by atoms with Gasteiger partial charge in [0.1, 0.15) is 5.82 Å². The fourth-order valence-corrected chi connectivity index (χ4v) is 2.14. The third kappa shape index (κ3) is 1.25. The monoisotopic (exact) mass is 232 g/mol. The molecule has 0 aliphatic rings. The Hall–Kier alpha value is -0.550. The zero-order valence-electron chi connectivity index (χ0n) is 5.21. The minimum atomic E-state index is -0.325. The SMILES string of the molecule is Fc1cnc2nc(Br)sc2c1. The predicted octanol–water partition coefficient (Wildman–Crippen LogP) is 2.59. The summed E-state index contributed by atoms with van der Waals surface area (Å²) in [5.41, 5.74) is 0.586. The van der Waals surface area contributed by atoms with Crippen molar-refractivity contribution in [3.8, 4) is 0 Å². The molecule has 56 valence electrons. The summed E-state index contributed by atoms with van der Waals surface area (Å²) in [6, 6.07) is 1.42. The van der Waals surface area contributed by atoms with Crippen LogP contribution in [0.2, 0.25) is 0 Å². The van der Waals surface area contributed by atoms with Crippen molar-refractivity contribution in [3.63, 3.8) is 0 Å². The third-order valence-corrected chi connectivity index (χ3v) is 2.63. The first-order valence-corrected chi connectivity index (χ1v) is 4.44. The Morgan fingerprint density at radius 3 is 3.18 bits per heavy atom. The van der Waals surface area contributed by atoms with Gasteiger partial charge in [0.2, 0.25) is 0 Å². The Kier molecular flexibility index (Phi) is 1.61. The number of halogens is 2. The van der Waals surface area contributed by atoms with Gasteiger partial charge in [-0.05, 0) is 22.0 Å². The first-order chi connectivity index (χ1) is 5.25. The number of nitrogens with zero attached hydrogens (tertiary/aromatic N) is 2. The Balaban J connectivity index is 2.82. The maximum atomic E-state index is 12.5. The minimum absolute atomic E-state index is 0.325. The summed E-state index contributed by atoms with van der Waals surface area (Å²) < 4.78 is 14.0. The van der Waals surface area contributed by atoms with Crippen molar-refractivity contribution in [3.05, 3.63) is 22.0 Å². The third-order valence-electron chi connectivity index (χ3n) is 1.19. The number of rotatable bonds is 0. The summed E-state index contributed by atoms with van der Waals surface area (Å²) in [6.45, 7) is 0. The molecule has 0 saturated carbocycles. The van der Waals surface area contributed by atoms with Crippen molar-refractivity contribution in [2.75, 3.05) is 0 Å². The second kappa shape index (κ2) is 2.49. The standard InChI is InChI=1S/C6H2BrFN2S/c7-6-10-5-4(11-6)1-3(8)2-9-5/h1-2H. The lowest BCUT2D eigenvalue weighted by molar-refractivity contribution is 0.624. The van der Waals surface area contributed by atoms with Crippen LogP contribution < -0.4 is 0 Å². The molecule has 0 amide bonds. The lowest BCUT2D eigenvalue weighted by atomic mass is 10.5. The van der Waals surface area contributed by atoms with E-state index in [0.717, 1.165) is 14.8 Å². The number of pyridine rings is 1. The Morgan fingerprint density at radius 1 is 1.55 bits per heavy atom. The van der Waals surface area contributed by atoms with Crippen molar-refractivity contribution in [1.82, 2.24) is 9.97 Å². The van der Waals surface area contributed by atoms with E-state index in [9.17, 15) is 4.39 Å². The highest BCUT2D eigenvalue weighted by molar-refractivity contribution is 9.11. The van der Waals surface area contributed by atoms with Crippen LogP contribution in [-0.4, -0.2) is 9.97 Å². The van der Waals surface area contributed by atoms with Gasteiger partial charge in [-0.1, -0.05) is 0 Å². The molecule has 2 aromatic rings. The molecule has 2 rings (SSSR count).